The van der Waals surface area contributed by atoms with Crippen LogP contribution in [0, 0.1) is 10.1 Å². The number of carbonyl (C=O) groups excluding carboxylic acids is 1. The van der Waals surface area contributed by atoms with Crippen molar-refractivity contribution >= 4 is 28.9 Å². The van der Waals surface area contributed by atoms with Crippen molar-refractivity contribution in [3.63, 3.8) is 0 Å². The molecule has 0 aliphatic rings. The summed E-state index contributed by atoms with van der Waals surface area (Å²) in [5.74, 6) is -0.158. The van der Waals surface area contributed by atoms with E-state index >= 15 is 0 Å². The summed E-state index contributed by atoms with van der Waals surface area (Å²) in [5, 5.41) is 13.4. The number of nitrogens with one attached hydrogen (secondary N) is 1. The summed E-state index contributed by atoms with van der Waals surface area (Å²) in [5.41, 5.74) is 0.292. The summed E-state index contributed by atoms with van der Waals surface area (Å²) in [6.07, 6.45) is 2.58. The minimum atomic E-state index is -0.528. The van der Waals surface area contributed by atoms with Gasteiger partial charge in [-0.25, -0.2) is 0 Å². The number of hydrogen-bond acceptors (Lipinski definition) is 4. The average Bonchev–Trinajstić information content (AvgIpc) is 2.44. The van der Waals surface area contributed by atoms with Crippen molar-refractivity contribution in [2.75, 3.05) is 25.5 Å². The van der Waals surface area contributed by atoms with E-state index in [1.54, 1.807) is 0 Å². The quantitative estimate of drug-likeness (QED) is 0.590. The molecule has 1 amide bonds. The van der Waals surface area contributed by atoms with Crippen LogP contribution in [0.2, 0.25) is 5.02 Å². The number of rotatable bonds is 8. The average molecular weight is 314 g/mol. The fourth-order valence-electron chi connectivity index (χ4n) is 1.76. The third-order valence-corrected chi connectivity index (χ3v) is 3.36. The van der Waals surface area contributed by atoms with Gasteiger partial charge in [-0.2, -0.15) is 0 Å². The van der Waals surface area contributed by atoms with Crippen molar-refractivity contribution in [2.45, 2.75) is 26.2 Å². The zero-order valence-electron chi connectivity index (χ0n) is 12.3. The molecule has 0 saturated carbocycles. The van der Waals surface area contributed by atoms with E-state index in [-0.39, 0.29) is 16.6 Å². The number of nitro groups is 1. The molecule has 1 rings (SSSR count). The normalized spacial score (nSPS) is 10.7. The second-order valence-electron chi connectivity index (χ2n) is 4.88. The lowest BCUT2D eigenvalue weighted by Gasteiger charge is -2.15. The second-order valence-corrected chi connectivity index (χ2v) is 5.28. The highest BCUT2D eigenvalue weighted by atomic mass is 35.5. The highest BCUT2D eigenvalue weighted by Gasteiger charge is 2.11. The molecule has 21 heavy (non-hydrogen) atoms. The van der Waals surface area contributed by atoms with Crippen LogP contribution in [-0.4, -0.2) is 35.9 Å². The molecule has 0 atom stereocenters. The Labute approximate surface area is 129 Å². The highest BCUT2D eigenvalue weighted by Crippen LogP contribution is 2.26. The van der Waals surface area contributed by atoms with Crippen LogP contribution in [0.5, 0.6) is 0 Å². The molecule has 0 bridgehead atoms. The van der Waals surface area contributed by atoms with Gasteiger partial charge in [-0.3, -0.25) is 14.9 Å². The second kappa shape index (κ2) is 8.59. The van der Waals surface area contributed by atoms with Crippen molar-refractivity contribution in [3.8, 4) is 0 Å². The Kier molecular flexibility index (Phi) is 7.11. The van der Waals surface area contributed by atoms with Crippen LogP contribution in [0.25, 0.3) is 0 Å². The molecular weight excluding hydrogens is 294 g/mol. The third-order valence-electron chi connectivity index (χ3n) is 3.05. The SMILES string of the molecule is CCCCN(C)CCC(=O)Nc1ccc([N+](=O)[O-])cc1Cl. The molecule has 7 heteroatoms. The van der Waals surface area contributed by atoms with E-state index in [0.717, 1.165) is 19.4 Å². The van der Waals surface area contributed by atoms with Crippen molar-refractivity contribution in [2.24, 2.45) is 0 Å². The number of nitrogens with zero attached hydrogens (tertiary/aromatic N) is 2. The maximum atomic E-state index is 11.8. The number of unbranched alkanes of at least 4 members (excludes halogenated alkanes) is 1. The molecule has 0 aliphatic heterocycles. The number of halogens is 1. The minimum Gasteiger partial charge on any atom is -0.325 e. The van der Waals surface area contributed by atoms with Gasteiger partial charge < -0.3 is 10.2 Å². The Morgan fingerprint density at radius 1 is 1.43 bits per heavy atom. The Bertz CT molecular complexity index is 508. The molecule has 1 aromatic rings. The predicted molar refractivity (Wildman–Crippen MR) is 83.8 cm³/mol. The van der Waals surface area contributed by atoms with Gasteiger partial charge in [0.2, 0.25) is 5.91 Å². The topological polar surface area (TPSA) is 75.5 Å². The molecule has 0 saturated heterocycles. The predicted octanol–water partition coefficient (Wildman–Crippen LogP) is 3.31. The van der Waals surface area contributed by atoms with Crippen LogP contribution in [0.1, 0.15) is 26.2 Å². The van der Waals surface area contributed by atoms with Gasteiger partial charge in [0.05, 0.1) is 15.6 Å². The summed E-state index contributed by atoms with van der Waals surface area (Å²) in [7, 11) is 1.97. The lowest BCUT2D eigenvalue weighted by atomic mass is 10.2. The molecule has 0 heterocycles. The molecule has 1 aromatic carbocycles. The monoisotopic (exact) mass is 313 g/mol. The highest BCUT2D eigenvalue weighted by molar-refractivity contribution is 6.33. The largest absolute Gasteiger partial charge is 0.325 e. The molecule has 116 valence electrons. The molecule has 0 radical (unpaired) electrons. The van der Waals surface area contributed by atoms with Crippen molar-refractivity contribution in [1.82, 2.24) is 4.90 Å². The first-order chi connectivity index (χ1) is 9.93. The van der Waals surface area contributed by atoms with Crippen molar-refractivity contribution < 1.29 is 9.72 Å². The van der Waals surface area contributed by atoms with Crippen LogP contribution in [0.15, 0.2) is 18.2 Å². The zero-order valence-corrected chi connectivity index (χ0v) is 13.0. The first kappa shape index (κ1) is 17.4. The molecular formula is C14H20ClN3O3. The van der Waals surface area contributed by atoms with E-state index in [1.807, 2.05) is 7.05 Å². The third kappa shape index (κ3) is 6.10. The van der Waals surface area contributed by atoms with Crippen LogP contribution in [0.4, 0.5) is 11.4 Å². The maximum absolute atomic E-state index is 11.8. The summed E-state index contributed by atoms with van der Waals surface area (Å²) >= 11 is 5.92. The van der Waals surface area contributed by atoms with E-state index in [0.29, 0.717) is 18.7 Å². The molecule has 0 unspecified atom stereocenters. The Balaban J connectivity index is 2.49. The molecule has 0 aliphatic carbocycles. The van der Waals surface area contributed by atoms with Gasteiger partial charge in [-0.1, -0.05) is 24.9 Å². The van der Waals surface area contributed by atoms with Crippen LogP contribution >= 0.6 is 11.6 Å². The minimum absolute atomic E-state index is 0.0997. The fourth-order valence-corrected chi connectivity index (χ4v) is 1.99. The van der Waals surface area contributed by atoms with Crippen LogP contribution < -0.4 is 5.32 Å². The molecule has 0 spiro atoms. The first-order valence-corrected chi connectivity index (χ1v) is 7.24. The maximum Gasteiger partial charge on any atom is 0.271 e. The van der Waals surface area contributed by atoms with E-state index < -0.39 is 4.92 Å². The Hall–Kier alpha value is -1.66. The van der Waals surface area contributed by atoms with Crippen molar-refractivity contribution in [3.05, 3.63) is 33.3 Å². The lowest BCUT2D eigenvalue weighted by Crippen LogP contribution is -2.25. The van der Waals surface area contributed by atoms with Gasteiger partial charge >= 0.3 is 0 Å². The standard InChI is InChI=1S/C14H20ClN3O3/c1-3-4-8-17(2)9-7-14(19)16-13-6-5-11(18(20)21)10-12(13)15/h5-6,10H,3-4,7-9H2,1-2H3,(H,16,19). The Morgan fingerprint density at radius 3 is 2.71 bits per heavy atom. The molecule has 1 N–H and O–H groups in total. The Morgan fingerprint density at radius 2 is 2.14 bits per heavy atom. The number of carbonyl (C=O) groups is 1. The van der Waals surface area contributed by atoms with Gasteiger partial charge in [0.15, 0.2) is 0 Å². The molecule has 0 aromatic heterocycles. The molecule has 0 fully saturated rings. The number of hydrogen-bond donors (Lipinski definition) is 1. The number of nitro benzene ring substituents is 1. The molecule has 6 nitrogen and oxygen atoms in total. The van der Waals surface area contributed by atoms with Gasteiger partial charge in [-0.15, -0.1) is 0 Å². The van der Waals surface area contributed by atoms with E-state index in [9.17, 15) is 14.9 Å². The summed E-state index contributed by atoms with van der Waals surface area (Å²) < 4.78 is 0. The summed E-state index contributed by atoms with van der Waals surface area (Å²) in [6.45, 7) is 3.75. The van der Waals surface area contributed by atoms with Crippen molar-refractivity contribution in [1.29, 1.82) is 0 Å². The fraction of sp³-hybridized carbons (Fsp3) is 0.500. The number of anilines is 1. The number of non-ortho nitro benzene ring substituents is 1. The summed E-state index contributed by atoms with van der Waals surface area (Å²) in [4.78, 5) is 24.0. The smallest absolute Gasteiger partial charge is 0.271 e. The van der Waals surface area contributed by atoms with Crippen LogP contribution in [-0.2, 0) is 4.79 Å². The van der Waals surface area contributed by atoms with Crippen LogP contribution in [0.3, 0.4) is 0 Å². The van der Waals surface area contributed by atoms with Gasteiger partial charge in [0.25, 0.3) is 5.69 Å². The van der Waals surface area contributed by atoms with Gasteiger partial charge in [0, 0.05) is 25.1 Å². The number of benzene rings is 1. The first-order valence-electron chi connectivity index (χ1n) is 6.86. The van der Waals surface area contributed by atoms with Gasteiger partial charge in [-0.05, 0) is 26.1 Å². The van der Waals surface area contributed by atoms with E-state index in [2.05, 4.69) is 17.1 Å². The zero-order chi connectivity index (χ0) is 15.8. The van der Waals surface area contributed by atoms with E-state index in [4.69, 9.17) is 11.6 Å². The van der Waals surface area contributed by atoms with Gasteiger partial charge in [0.1, 0.15) is 0 Å². The summed E-state index contributed by atoms with van der Waals surface area (Å²) in [6, 6.07) is 3.98. The number of amides is 1. The van der Waals surface area contributed by atoms with E-state index in [1.165, 1.54) is 18.2 Å². The lowest BCUT2D eigenvalue weighted by molar-refractivity contribution is -0.384.